The van der Waals surface area contributed by atoms with Crippen molar-refractivity contribution in [2.45, 2.75) is 265 Å². The molecule has 3 atom stereocenters. The molecule has 0 radical (unpaired) electrons. The second-order valence-electron chi connectivity index (χ2n) is 19.5. The van der Waals surface area contributed by atoms with Gasteiger partial charge in [-0.3, -0.25) is 14.4 Å². The van der Waals surface area contributed by atoms with Gasteiger partial charge in [-0.05, 0) is 54.4 Å². The number of alkyl carbamates (subject to hydrolysis) is 1. The third-order valence-electron chi connectivity index (χ3n) is 10.8. The Bertz CT molecular complexity index is 1200. The Morgan fingerprint density at radius 1 is 0.500 bits per heavy atom. The number of nitrogens with one attached hydrogen (secondary N) is 2. The number of carbonyl (C=O) groups is 5. The lowest BCUT2D eigenvalue weighted by molar-refractivity contribution is -0.157. The van der Waals surface area contributed by atoms with E-state index in [4.69, 9.17) is 23.7 Å². The summed E-state index contributed by atoms with van der Waals surface area (Å²) in [5, 5.41) is 5.27. The summed E-state index contributed by atoms with van der Waals surface area (Å²) >= 11 is 1.25. The Morgan fingerprint density at radius 3 is 1.33 bits per heavy atom. The number of ether oxygens (including phenoxy) is 5. The highest BCUT2D eigenvalue weighted by Gasteiger charge is 2.31. The second kappa shape index (κ2) is 39.6. The van der Waals surface area contributed by atoms with Crippen molar-refractivity contribution in [3.8, 4) is 0 Å². The highest BCUT2D eigenvalue weighted by atomic mass is 32.2. The zero-order chi connectivity index (χ0) is 47.9. The predicted octanol–water partition coefficient (Wildman–Crippen LogP) is 12.5. The van der Waals surface area contributed by atoms with Gasteiger partial charge in [-0.2, -0.15) is 11.8 Å². The minimum atomic E-state index is -1.14. The molecule has 0 bridgehead atoms. The van der Waals surface area contributed by atoms with Crippen LogP contribution < -0.4 is 10.6 Å². The highest BCUT2D eigenvalue weighted by Crippen LogP contribution is 2.17. The summed E-state index contributed by atoms with van der Waals surface area (Å²) < 4.78 is 27.6. The van der Waals surface area contributed by atoms with E-state index in [1.54, 1.807) is 20.8 Å². The number of unbranched alkanes of at least 4 members (excludes halogenated alkanes) is 24. The molecule has 0 spiro atoms. The molecule has 0 fully saturated rings. The number of carbonyl (C=O) groups excluding carboxylic acids is 5. The van der Waals surface area contributed by atoms with E-state index in [2.05, 4.69) is 24.5 Å². The molecule has 0 aliphatic rings. The fourth-order valence-corrected chi connectivity index (χ4v) is 8.09. The van der Waals surface area contributed by atoms with E-state index >= 15 is 0 Å². The second-order valence-corrected chi connectivity index (χ2v) is 20.6. The fourth-order valence-electron chi connectivity index (χ4n) is 7.06. The molecule has 0 saturated carbocycles. The third kappa shape index (κ3) is 39.8. The predicted molar refractivity (Wildman–Crippen MR) is 262 cm³/mol. The van der Waals surface area contributed by atoms with Gasteiger partial charge in [-0.15, -0.1) is 0 Å². The summed E-state index contributed by atoms with van der Waals surface area (Å²) in [6.45, 7) is 14.9. The Hall–Kier alpha value is -2.54. The van der Waals surface area contributed by atoms with Gasteiger partial charge in [0.2, 0.25) is 5.91 Å². The fraction of sp³-hybridized carbons (Fsp3) is 0.902. The lowest BCUT2D eigenvalue weighted by Gasteiger charge is -2.27. The smallest absolute Gasteiger partial charge is 0.408 e. The molecule has 0 rings (SSSR count). The van der Waals surface area contributed by atoms with Gasteiger partial charge < -0.3 is 34.3 Å². The molecule has 0 aliphatic heterocycles. The summed E-state index contributed by atoms with van der Waals surface area (Å²) in [7, 11) is 1.22. The molecule has 2 N–H and O–H groups in total. The molecule has 0 aromatic rings. The van der Waals surface area contributed by atoms with E-state index in [0.29, 0.717) is 6.42 Å². The molecular weight excluding hydrogens is 833 g/mol. The molecule has 0 aromatic heterocycles. The van der Waals surface area contributed by atoms with Gasteiger partial charge in [-0.1, -0.05) is 168 Å². The Morgan fingerprint density at radius 2 is 0.922 bits per heavy atom. The SMILES string of the molecule is CCCCCCCCCCCCCCCC(=O)OC[C@H](CSC[C@H](NC(=O)OC(C)(C)C)C(=O)N[C@H](COC(C)(C)C)C(=O)OC)OC(=O)CCCCCCCCCCCCCCC. The maximum absolute atomic E-state index is 13.6. The highest BCUT2D eigenvalue weighted by molar-refractivity contribution is 7.99. The number of thioether (sulfide) groups is 1. The standard InChI is InChI=1S/C51H96N2O10S/c1-10-12-14-16-18-20-22-24-26-28-30-32-34-36-45(54)60-38-42(62-46(55)37-35-33-31-29-27-25-23-21-19-17-15-13-11-2)40-64-41-44(53-49(58)63-51(6,7)8)47(56)52-43(48(57)59-9)39-61-50(3,4)5/h42-44H,10-41H2,1-9H3,(H,52,56)(H,53,58)/t42-,43-,44+/m1/s1. The minimum Gasteiger partial charge on any atom is -0.467 e. The molecule has 0 aliphatic carbocycles. The van der Waals surface area contributed by atoms with Gasteiger partial charge in [0, 0.05) is 24.3 Å². The van der Waals surface area contributed by atoms with Crippen LogP contribution in [0.3, 0.4) is 0 Å². The van der Waals surface area contributed by atoms with E-state index in [1.165, 1.54) is 141 Å². The molecule has 376 valence electrons. The van der Waals surface area contributed by atoms with E-state index in [1.807, 2.05) is 20.8 Å². The maximum atomic E-state index is 13.6. The van der Waals surface area contributed by atoms with Crippen LogP contribution in [0.25, 0.3) is 0 Å². The van der Waals surface area contributed by atoms with Gasteiger partial charge in [0.25, 0.3) is 0 Å². The van der Waals surface area contributed by atoms with Crippen LogP contribution in [0, 0.1) is 0 Å². The lowest BCUT2D eigenvalue weighted by Crippen LogP contribution is -2.55. The largest absolute Gasteiger partial charge is 0.467 e. The summed E-state index contributed by atoms with van der Waals surface area (Å²) in [6, 6.07) is -2.26. The summed E-state index contributed by atoms with van der Waals surface area (Å²) in [5.41, 5.74) is -1.41. The first-order chi connectivity index (χ1) is 30.5. The number of esters is 3. The zero-order valence-electron chi connectivity index (χ0n) is 42.4. The first kappa shape index (κ1) is 61.5. The zero-order valence-corrected chi connectivity index (χ0v) is 43.2. The van der Waals surface area contributed by atoms with Crippen LogP contribution in [0.1, 0.15) is 235 Å². The molecule has 0 heterocycles. The van der Waals surface area contributed by atoms with Crippen LogP contribution in [-0.2, 0) is 42.9 Å². The number of rotatable bonds is 41. The summed E-state index contributed by atoms with van der Waals surface area (Å²) in [6.07, 6.45) is 30.5. The van der Waals surface area contributed by atoms with Crippen LogP contribution in [0.5, 0.6) is 0 Å². The third-order valence-corrected chi connectivity index (χ3v) is 12.0. The molecular formula is C51H96N2O10S. The van der Waals surface area contributed by atoms with Crippen molar-refractivity contribution in [3.05, 3.63) is 0 Å². The van der Waals surface area contributed by atoms with Gasteiger partial charge >= 0.3 is 24.0 Å². The van der Waals surface area contributed by atoms with Gasteiger partial charge in [-0.25, -0.2) is 9.59 Å². The van der Waals surface area contributed by atoms with Crippen LogP contribution in [0.4, 0.5) is 4.79 Å². The van der Waals surface area contributed by atoms with Gasteiger partial charge in [0.05, 0.1) is 19.3 Å². The van der Waals surface area contributed by atoms with Crippen LogP contribution >= 0.6 is 11.8 Å². The van der Waals surface area contributed by atoms with Crippen molar-refractivity contribution < 1.29 is 47.7 Å². The quantitative estimate of drug-likeness (QED) is 0.0342. The van der Waals surface area contributed by atoms with Crippen LogP contribution in [0.2, 0.25) is 0 Å². The molecule has 0 saturated heterocycles. The molecule has 0 aromatic carbocycles. The van der Waals surface area contributed by atoms with Crippen molar-refractivity contribution in [3.63, 3.8) is 0 Å². The average molecular weight is 929 g/mol. The Labute approximate surface area is 395 Å². The minimum absolute atomic E-state index is 0.0406. The van der Waals surface area contributed by atoms with Gasteiger partial charge in [0.1, 0.15) is 24.4 Å². The van der Waals surface area contributed by atoms with Crippen molar-refractivity contribution in [1.29, 1.82) is 0 Å². The van der Waals surface area contributed by atoms with Crippen molar-refractivity contribution in [2.24, 2.45) is 0 Å². The molecule has 2 amide bonds. The molecule has 12 nitrogen and oxygen atoms in total. The lowest BCUT2D eigenvalue weighted by atomic mass is 10.0. The van der Waals surface area contributed by atoms with Crippen molar-refractivity contribution in [1.82, 2.24) is 10.6 Å². The monoisotopic (exact) mass is 929 g/mol. The van der Waals surface area contributed by atoms with Crippen molar-refractivity contribution >= 4 is 41.7 Å². The Balaban J connectivity index is 5.30. The maximum Gasteiger partial charge on any atom is 0.408 e. The van der Waals surface area contributed by atoms with E-state index in [0.717, 1.165) is 44.9 Å². The summed E-state index contributed by atoms with van der Waals surface area (Å²) in [5.74, 6) is -1.80. The molecule has 0 unspecified atom stereocenters. The number of amides is 2. The topological polar surface area (TPSA) is 156 Å². The summed E-state index contributed by atoms with van der Waals surface area (Å²) in [4.78, 5) is 65.0. The Kier molecular flexibility index (Phi) is 38.0. The normalized spacial score (nSPS) is 13.1. The van der Waals surface area contributed by atoms with E-state index < -0.39 is 47.4 Å². The van der Waals surface area contributed by atoms with Crippen LogP contribution in [0.15, 0.2) is 0 Å². The van der Waals surface area contributed by atoms with Gasteiger partial charge in [0.15, 0.2) is 6.04 Å². The van der Waals surface area contributed by atoms with Crippen molar-refractivity contribution in [2.75, 3.05) is 31.8 Å². The first-order valence-electron chi connectivity index (χ1n) is 25.5. The molecule has 13 heteroatoms. The number of methoxy groups -OCH3 is 1. The van der Waals surface area contributed by atoms with E-state index in [-0.39, 0.29) is 43.1 Å². The molecule has 64 heavy (non-hydrogen) atoms. The number of hydrogen-bond donors (Lipinski definition) is 2. The first-order valence-corrected chi connectivity index (χ1v) is 26.6. The number of hydrogen-bond acceptors (Lipinski definition) is 11. The van der Waals surface area contributed by atoms with E-state index in [9.17, 15) is 24.0 Å². The average Bonchev–Trinajstić information content (AvgIpc) is 3.22. The van der Waals surface area contributed by atoms with Crippen LogP contribution in [-0.4, -0.2) is 91.1 Å².